The van der Waals surface area contributed by atoms with Crippen LogP contribution in [0.4, 0.5) is 18.3 Å². The van der Waals surface area contributed by atoms with E-state index >= 15 is 0 Å². The van der Waals surface area contributed by atoms with E-state index in [2.05, 4.69) is 25.6 Å². The Morgan fingerprint density at radius 1 is 1.00 bits per heavy atom. The quantitative estimate of drug-likeness (QED) is 0.0681. The summed E-state index contributed by atoms with van der Waals surface area (Å²) in [7, 11) is -5.10. The highest BCUT2D eigenvalue weighted by Gasteiger charge is 2.54. The summed E-state index contributed by atoms with van der Waals surface area (Å²) < 4.78 is 71.4. The van der Waals surface area contributed by atoms with E-state index in [0.717, 1.165) is 28.0 Å². The van der Waals surface area contributed by atoms with Crippen molar-refractivity contribution in [2.45, 2.75) is 24.2 Å². The van der Waals surface area contributed by atoms with Crippen LogP contribution in [0.5, 0.6) is 0 Å². The summed E-state index contributed by atoms with van der Waals surface area (Å²) in [5.41, 5.74) is 0.436. The first-order valence-electron chi connectivity index (χ1n) is 13.2. The van der Waals surface area contributed by atoms with Crippen LogP contribution in [0.3, 0.4) is 0 Å². The Balaban J connectivity index is 1.52. The van der Waals surface area contributed by atoms with Crippen molar-refractivity contribution in [3.8, 4) is 0 Å². The van der Waals surface area contributed by atoms with E-state index in [1.54, 1.807) is 0 Å². The average Bonchev–Trinajstić information content (AvgIpc) is 3.49. The molecule has 0 radical (unpaired) electrons. The van der Waals surface area contributed by atoms with Crippen LogP contribution in [0.15, 0.2) is 102 Å². The number of β-lactam (4-membered cyclic amide) rings is 1. The summed E-state index contributed by atoms with van der Waals surface area (Å²) in [4.78, 5) is 33.9. The Bertz CT molecular complexity index is 1700. The number of nitrogens with one attached hydrogen (secondary N) is 2. The van der Waals surface area contributed by atoms with Crippen molar-refractivity contribution < 1.29 is 40.6 Å². The molecule has 0 aliphatic carbocycles. The molecule has 11 nitrogen and oxygen atoms in total. The molecule has 0 saturated carbocycles. The molecule has 0 bridgehead atoms. The van der Waals surface area contributed by atoms with Gasteiger partial charge in [-0.15, -0.1) is 11.3 Å². The number of alkyl halides is 3. The molecule has 1 fully saturated rings. The Hall–Kier alpha value is -4.80. The number of oxime groups is 1. The minimum atomic E-state index is -5.10. The SMILES string of the molecule is O=C(NC1C(=O)N(S(=O)(=O)O)C1CF)/C(=N/OC(F)F)c1csc(NC(c2ccccc2)(c2ccccc2)c2ccccc2)n1. The number of aromatic nitrogens is 1. The average molecular weight is 660 g/mol. The maximum Gasteiger partial charge on any atom is 0.407 e. The van der Waals surface area contributed by atoms with Crippen molar-refractivity contribution in [2.75, 3.05) is 12.0 Å². The highest BCUT2D eigenvalue weighted by atomic mass is 32.2. The first kappa shape index (κ1) is 31.6. The molecule has 2 atom stereocenters. The van der Waals surface area contributed by atoms with Gasteiger partial charge in [-0.3, -0.25) is 14.1 Å². The van der Waals surface area contributed by atoms with E-state index in [4.69, 9.17) is 0 Å². The fourth-order valence-electron chi connectivity index (χ4n) is 5.00. The number of hydrogen-bond acceptors (Lipinski definition) is 9. The maximum atomic E-state index is 13.6. The Morgan fingerprint density at radius 3 is 1.96 bits per heavy atom. The van der Waals surface area contributed by atoms with E-state index in [1.165, 1.54) is 5.38 Å². The van der Waals surface area contributed by atoms with Gasteiger partial charge in [0.2, 0.25) is 0 Å². The van der Waals surface area contributed by atoms with E-state index in [9.17, 15) is 35.7 Å². The van der Waals surface area contributed by atoms with E-state index in [0.29, 0.717) is 0 Å². The van der Waals surface area contributed by atoms with E-state index in [1.807, 2.05) is 91.0 Å². The number of rotatable bonds is 12. The lowest BCUT2D eigenvalue weighted by Gasteiger charge is -2.42. The fourth-order valence-corrected chi connectivity index (χ4v) is 6.61. The van der Waals surface area contributed by atoms with Crippen LogP contribution in [0.1, 0.15) is 22.4 Å². The van der Waals surface area contributed by atoms with Crippen molar-refractivity contribution in [1.82, 2.24) is 14.6 Å². The summed E-state index contributed by atoms with van der Waals surface area (Å²) in [6.07, 6.45) is 0. The lowest BCUT2D eigenvalue weighted by molar-refractivity contribution is -0.145. The van der Waals surface area contributed by atoms with Crippen LogP contribution in [-0.2, 0) is 30.3 Å². The second-order valence-electron chi connectivity index (χ2n) is 9.60. The van der Waals surface area contributed by atoms with Gasteiger partial charge >= 0.3 is 16.9 Å². The molecule has 2 heterocycles. The van der Waals surface area contributed by atoms with E-state index in [-0.39, 0.29) is 15.1 Å². The number of carbonyl (C=O) groups excluding carboxylic acids is 2. The number of carbonyl (C=O) groups is 2. The van der Waals surface area contributed by atoms with Gasteiger partial charge in [0.15, 0.2) is 10.8 Å². The van der Waals surface area contributed by atoms with Gasteiger partial charge in [-0.25, -0.2) is 13.7 Å². The zero-order valence-electron chi connectivity index (χ0n) is 23.0. The van der Waals surface area contributed by atoms with Crippen LogP contribution < -0.4 is 10.6 Å². The lowest BCUT2D eigenvalue weighted by Crippen LogP contribution is -2.73. The standard InChI is InChI=1S/C29H24F3N5O6S2/c30-16-22-24(26(39)37(22)45(40,41)42)34-25(38)23(36-43-27(31)32)21-17-44-28(33-21)35-29(18-10-4-1-5-11-18,19-12-6-2-7-13-19)20-14-8-3-9-15-20/h1-15,17,22,24,27H,16H2,(H,33,35)(H,34,38)(H,40,41,42)/b36-23+. The fraction of sp³-hybridized carbons (Fsp3) is 0.172. The Morgan fingerprint density at radius 2 is 1.51 bits per heavy atom. The van der Waals surface area contributed by atoms with Crippen LogP contribution in [0.2, 0.25) is 0 Å². The number of benzene rings is 3. The molecule has 4 aromatic rings. The number of anilines is 1. The third-order valence-corrected chi connectivity index (χ3v) is 8.67. The molecule has 5 rings (SSSR count). The Labute approximate surface area is 259 Å². The molecular weight excluding hydrogens is 635 g/mol. The molecule has 3 aromatic carbocycles. The van der Waals surface area contributed by atoms with Crippen molar-refractivity contribution in [2.24, 2.45) is 5.16 Å². The molecule has 2 amide bonds. The predicted molar refractivity (Wildman–Crippen MR) is 159 cm³/mol. The number of hydrogen-bond donors (Lipinski definition) is 3. The van der Waals surface area contributed by atoms with Gasteiger partial charge < -0.3 is 15.5 Å². The minimum absolute atomic E-state index is 0.133. The first-order valence-corrected chi connectivity index (χ1v) is 15.4. The van der Waals surface area contributed by atoms with Gasteiger partial charge in [0.1, 0.15) is 30.0 Å². The number of halogens is 3. The third-order valence-electron chi connectivity index (χ3n) is 6.96. The van der Waals surface area contributed by atoms with Crippen LogP contribution in [0, 0.1) is 0 Å². The van der Waals surface area contributed by atoms with Gasteiger partial charge in [0.05, 0.1) is 0 Å². The third kappa shape index (κ3) is 6.38. The van der Waals surface area contributed by atoms with Gasteiger partial charge in [-0.1, -0.05) is 96.2 Å². The highest BCUT2D eigenvalue weighted by Crippen LogP contribution is 2.40. The molecule has 1 saturated heterocycles. The van der Waals surface area contributed by atoms with Gasteiger partial charge in [-0.2, -0.15) is 17.2 Å². The molecule has 2 unspecified atom stereocenters. The van der Waals surface area contributed by atoms with Crippen LogP contribution in [-0.4, -0.2) is 65.2 Å². The van der Waals surface area contributed by atoms with Gasteiger partial charge in [-0.05, 0) is 16.7 Å². The zero-order chi connectivity index (χ0) is 32.2. The molecule has 234 valence electrons. The van der Waals surface area contributed by atoms with Crippen molar-refractivity contribution in [3.63, 3.8) is 0 Å². The number of nitrogens with zero attached hydrogens (tertiary/aromatic N) is 3. The van der Waals surface area contributed by atoms with Crippen molar-refractivity contribution >= 4 is 44.3 Å². The summed E-state index contributed by atoms with van der Waals surface area (Å²) in [6, 6.07) is 24.9. The molecule has 1 aliphatic rings. The maximum absolute atomic E-state index is 13.6. The largest absolute Gasteiger partial charge is 0.407 e. The normalized spacial score (nSPS) is 17.1. The lowest BCUT2D eigenvalue weighted by atomic mass is 9.77. The predicted octanol–water partition coefficient (Wildman–Crippen LogP) is 3.96. The second kappa shape index (κ2) is 13.1. The van der Waals surface area contributed by atoms with Crippen molar-refractivity contribution in [3.05, 3.63) is 119 Å². The molecule has 0 spiro atoms. The van der Waals surface area contributed by atoms with Gasteiger partial charge in [0.25, 0.3) is 11.8 Å². The molecule has 45 heavy (non-hydrogen) atoms. The van der Waals surface area contributed by atoms with Crippen LogP contribution in [0.25, 0.3) is 0 Å². The topological polar surface area (TPSA) is 150 Å². The second-order valence-corrected chi connectivity index (χ2v) is 11.7. The minimum Gasteiger partial charge on any atom is -0.344 e. The number of amides is 2. The summed E-state index contributed by atoms with van der Waals surface area (Å²) in [5, 5.41) is 10.3. The molecular formula is C29H24F3N5O6S2. The summed E-state index contributed by atoms with van der Waals surface area (Å²) in [5.74, 6) is -2.61. The van der Waals surface area contributed by atoms with E-state index < -0.39 is 58.7 Å². The zero-order valence-corrected chi connectivity index (χ0v) is 24.6. The Kier molecular flexibility index (Phi) is 9.17. The molecule has 16 heteroatoms. The molecule has 3 N–H and O–H groups in total. The van der Waals surface area contributed by atoms with Gasteiger partial charge in [0, 0.05) is 5.38 Å². The first-order chi connectivity index (χ1) is 21.6. The van der Waals surface area contributed by atoms with Crippen molar-refractivity contribution in [1.29, 1.82) is 0 Å². The number of thiazole rings is 1. The smallest absolute Gasteiger partial charge is 0.344 e. The molecule has 1 aromatic heterocycles. The highest BCUT2D eigenvalue weighted by molar-refractivity contribution is 7.84. The monoisotopic (exact) mass is 659 g/mol. The van der Waals surface area contributed by atoms with Crippen LogP contribution >= 0.6 is 11.3 Å². The summed E-state index contributed by atoms with van der Waals surface area (Å²) in [6.45, 7) is -4.87. The summed E-state index contributed by atoms with van der Waals surface area (Å²) >= 11 is 1.01. The molecule has 1 aliphatic heterocycles.